The van der Waals surface area contributed by atoms with Gasteiger partial charge in [0.05, 0.1) is 0 Å². The van der Waals surface area contributed by atoms with Crippen LogP contribution in [0.3, 0.4) is 0 Å². The number of aryl methyl sites for hydroxylation is 2. The van der Waals surface area contributed by atoms with Crippen LogP contribution in [-0.2, 0) is 19.4 Å². The van der Waals surface area contributed by atoms with Crippen LogP contribution in [0.5, 0.6) is 5.75 Å². The molecule has 1 unspecified atom stereocenters. The summed E-state index contributed by atoms with van der Waals surface area (Å²) in [5, 5.41) is 3.89. The number of rotatable bonds is 6. The van der Waals surface area contributed by atoms with Gasteiger partial charge in [-0.3, -0.25) is 0 Å². The van der Waals surface area contributed by atoms with Crippen molar-refractivity contribution in [2.45, 2.75) is 46.3 Å². The normalized spacial score (nSPS) is 12.4. The van der Waals surface area contributed by atoms with Crippen LogP contribution >= 0.6 is 15.9 Å². The Kier molecular flexibility index (Phi) is 5.36. The van der Waals surface area contributed by atoms with Crippen molar-refractivity contribution in [1.82, 2.24) is 10.1 Å². The minimum absolute atomic E-state index is 0.0675. The minimum atomic E-state index is 0.0675. The van der Waals surface area contributed by atoms with Crippen LogP contribution in [-0.4, -0.2) is 16.2 Å². The maximum Gasteiger partial charge on any atom is 0.226 e. The first-order valence-corrected chi connectivity index (χ1v) is 7.77. The molecule has 21 heavy (non-hydrogen) atoms. The van der Waals surface area contributed by atoms with Gasteiger partial charge < -0.3 is 15.0 Å². The number of nitrogens with two attached hydrogens (primary N) is 1. The summed E-state index contributed by atoms with van der Waals surface area (Å²) in [6, 6.07) is 4.13. The fraction of sp³-hybridized carbons (Fsp3) is 0.467. The molecule has 0 amide bonds. The van der Waals surface area contributed by atoms with Crippen LogP contribution in [0.15, 0.2) is 21.1 Å². The molecule has 0 aliphatic rings. The van der Waals surface area contributed by atoms with Crippen LogP contribution in [0.25, 0.3) is 0 Å². The summed E-state index contributed by atoms with van der Waals surface area (Å²) >= 11 is 3.51. The van der Waals surface area contributed by atoms with Crippen molar-refractivity contribution < 1.29 is 9.26 Å². The Labute approximate surface area is 133 Å². The van der Waals surface area contributed by atoms with E-state index in [0.29, 0.717) is 11.7 Å². The lowest BCUT2D eigenvalue weighted by Gasteiger charge is -2.15. The fourth-order valence-electron chi connectivity index (χ4n) is 2.13. The van der Waals surface area contributed by atoms with Gasteiger partial charge in [0.25, 0.3) is 0 Å². The summed E-state index contributed by atoms with van der Waals surface area (Å²) in [7, 11) is 0. The lowest BCUT2D eigenvalue weighted by molar-refractivity contribution is 0.280. The van der Waals surface area contributed by atoms with E-state index in [2.05, 4.69) is 26.1 Å². The summed E-state index contributed by atoms with van der Waals surface area (Å²) in [5.41, 5.74) is 8.05. The highest BCUT2D eigenvalue weighted by atomic mass is 79.9. The molecule has 1 atom stereocenters. The average molecular weight is 354 g/mol. The Morgan fingerprint density at radius 2 is 2.19 bits per heavy atom. The van der Waals surface area contributed by atoms with Crippen molar-refractivity contribution in [3.05, 3.63) is 39.4 Å². The SMILES string of the molecule is CCc1nc(COc2c(C)cc(Br)cc2CC(C)N)no1. The largest absolute Gasteiger partial charge is 0.485 e. The summed E-state index contributed by atoms with van der Waals surface area (Å²) in [6.45, 7) is 6.25. The van der Waals surface area contributed by atoms with Gasteiger partial charge in [-0.25, -0.2) is 0 Å². The molecule has 0 fully saturated rings. The molecule has 1 aromatic carbocycles. The number of hydrogen-bond acceptors (Lipinski definition) is 5. The molecular formula is C15H20BrN3O2. The van der Waals surface area contributed by atoms with E-state index in [1.807, 2.05) is 32.9 Å². The fourth-order valence-corrected chi connectivity index (χ4v) is 2.75. The molecule has 0 radical (unpaired) electrons. The van der Waals surface area contributed by atoms with Crippen LogP contribution in [0.1, 0.15) is 36.7 Å². The molecule has 2 rings (SSSR count). The van der Waals surface area contributed by atoms with Crippen molar-refractivity contribution in [2.75, 3.05) is 0 Å². The standard InChI is InChI=1S/C15H20BrN3O2/c1-4-14-18-13(19-21-14)8-20-15-9(2)5-12(16)7-11(15)6-10(3)17/h5,7,10H,4,6,8,17H2,1-3H3. The molecule has 1 heterocycles. The van der Waals surface area contributed by atoms with Crippen molar-refractivity contribution in [1.29, 1.82) is 0 Å². The van der Waals surface area contributed by atoms with Crippen LogP contribution in [0.2, 0.25) is 0 Å². The van der Waals surface area contributed by atoms with Gasteiger partial charge in [-0.2, -0.15) is 4.98 Å². The lowest BCUT2D eigenvalue weighted by atomic mass is 10.0. The van der Waals surface area contributed by atoms with E-state index in [-0.39, 0.29) is 12.6 Å². The second-order valence-electron chi connectivity index (χ2n) is 5.14. The highest BCUT2D eigenvalue weighted by Gasteiger charge is 2.13. The predicted molar refractivity (Wildman–Crippen MR) is 84.2 cm³/mol. The topological polar surface area (TPSA) is 74.2 Å². The summed E-state index contributed by atoms with van der Waals surface area (Å²) in [4.78, 5) is 4.24. The van der Waals surface area contributed by atoms with Crippen LogP contribution in [0, 0.1) is 6.92 Å². The quantitative estimate of drug-likeness (QED) is 0.863. The molecule has 0 spiro atoms. The Morgan fingerprint density at radius 1 is 1.43 bits per heavy atom. The number of halogens is 1. The van der Waals surface area contributed by atoms with E-state index in [1.165, 1.54) is 0 Å². The maximum atomic E-state index is 5.91. The molecule has 2 N–H and O–H groups in total. The number of ether oxygens (including phenoxy) is 1. The summed E-state index contributed by atoms with van der Waals surface area (Å²) < 4.78 is 12.0. The van der Waals surface area contributed by atoms with Crippen molar-refractivity contribution in [3.8, 4) is 5.75 Å². The molecule has 0 aliphatic heterocycles. The Hall–Kier alpha value is -1.40. The van der Waals surface area contributed by atoms with E-state index in [4.69, 9.17) is 15.0 Å². The lowest BCUT2D eigenvalue weighted by Crippen LogP contribution is -2.18. The highest BCUT2D eigenvalue weighted by Crippen LogP contribution is 2.29. The van der Waals surface area contributed by atoms with E-state index >= 15 is 0 Å². The molecule has 5 nitrogen and oxygen atoms in total. The predicted octanol–water partition coefficient (Wildman–Crippen LogP) is 3.17. The van der Waals surface area contributed by atoms with Gasteiger partial charge in [0.15, 0.2) is 6.61 Å². The third-order valence-corrected chi connectivity index (χ3v) is 3.47. The third kappa shape index (κ3) is 4.28. The van der Waals surface area contributed by atoms with Crippen molar-refractivity contribution >= 4 is 15.9 Å². The van der Waals surface area contributed by atoms with E-state index in [9.17, 15) is 0 Å². The number of hydrogen-bond donors (Lipinski definition) is 1. The first-order chi connectivity index (χ1) is 9.99. The van der Waals surface area contributed by atoms with E-state index in [1.54, 1.807) is 0 Å². The molecular weight excluding hydrogens is 334 g/mol. The number of benzene rings is 1. The van der Waals surface area contributed by atoms with Gasteiger partial charge in [-0.05, 0) is 43.5 Å². The zero-order chi connectivity index (χ0) is 15.4. The first kappa shape index (κ1) is 16.0. The van der Waals surface area contributed by atoms with Crippen LogP contribution in [0.4, 0.5) is 0 Å². The monoisotopic (exact) mass is 353 g/mol. The smallest absolute Gasteiger partial charge is 0.226 e. The highest BCUT2D eigenvalue weighted by molar-refractivity contribution is 9.10. The third-order valence-electron chi connectivity index (χ3n) is 3.02. The van der Waals surface area contributed by atoms with Gasteiger partial charge in [0.1, 0.15) is 5.75 Å². The van der Waals surface area contributed by atoms with Gasteiger partial charge in [0, 0.05) is 16.9 Å². The second kappa shape index (κ2) is 7.04. The zero-order valence-electron chi connectivity index (χ0n) is 12.5. The molecule has 1 aromatic heterocycles. The van der Waals surface area contributed by atoms with Gasteiger partial charge >= 0.3 is 0 Å². The van der Waals surface area contributed by atoms with Crippen molar-refractivity contribution in [3.63, 3.8) is 0 Å². The Balaban J connectivity index is 2.17. The molecule has 2 aromatic rings. The minimum Gasteiger partial charge on any atom is -0.485 e. The first-order valence-electron chi connectivity index (χ1n) is 6.98. The Morgan fingerprint density at radius 3 is 2.81 bits per heavy atom. The van der Waals surface area contributed by atoms with Crippen LogP contribution < -0.4 is 10.5 Å². The molecule has 0 saturated heterocycles. The van der Waals surface area contributed by atoms with E-state index < -0.39 is 0 Å². The average Bonchev–Trinajstić information content (AvgIpc) is 2.84. The van der Waals surface area contributed by atoms with Gasteiger partial charge in [0.2, 0.25) is 11.7 Å². The summed E-state index contributed by atoms with van der Waals surface area (Å²) in [6.07, 6.45) is 1.47. The van der Waals surface area contributed by atoms with Gasteiger partial charge in [-0.15, -0.1) is 0 Å². The van der Waals surface area contributed by atoms with Crippen molar-refractivity contribution in [2.24, 2.45) is 5.73 Å². The number of aromatic nitrogens is 2. The molecule has 0 aliphatic carbocycles. The molecule has 0 bridgehead atoms. The zero-order valence-corrected chi connectivity index (χ0v) is 14.1. The van der Waals surface area contributed by atoms with E-state index in [0.717, 1.165) is 34.2 Å². The Bertz CT molecular complexity index is 611. The molecule has 114 valence electrons. The number of nitrogens with zero attached hydrogens (tertiary/aromatic N) is 2. The maximum absolute atomic E-state index is 5.91. The summed E-state index contributed by atoms with van der Waals surface area (Å²) in [5.74, 6) is 2.02. The second-order valence-corrected chi connectivity index (χ2v) is 6.05. The van der Waals surface area contributed by atoms with Gasteiger partial charge in [-0.1, -0.05) is 28.0 Å². The molecule has 0 saturated carbocycles. The molecule has 6 heteroatoms.